The van der Waals surface area contributed by atoms with Gasteiger partial charge in [-0.3, -0.25) is 9.69 Å². The second-order valence-corrected chi connectivity index (χ2v) is 9.80. The summed E-state index contributed by atoms with van der Waals surface area (Å²) >= 11 is 0. The summed E-state index contributed by atoms with van der Waals surface area (Å²) in [7, 11) is -2.82. The van der Waals surface area contributed by atoms with Gasteiger partial charge in [0.25, 0.3) is 0 Å². The molecular formula is C19H26N4O3S. The van der Waals surface area contributed by atoms with Crippen molar-refractivity contribution in [2.45, 2.75) is 31.7 Å². The number of rotatable bonds is 4. The number of benzene rings is 1. The molecule has 2 aliphatic heterocycles. The number of sulfone groups is 1. The lowest BCUT2D eigenvalue weighted by atomic mass is 10.1. The summed E-state index contributed by atoms with van der Waals surface area (Å²) in [4.78, 5) is 24.6. The summed E-state index contributed by atoms with van der Waals surface area (Å²) in [5, 5.41) is 0. The minimum Gasteiger partial charge on any atom is -0.342 e. The summed E-state index contributed by atoms with van der Waals surface area (Å²) in [6.07, 6.45) is 2.53. The fourth-order valence-corrected chi connectivity index (χ4v) is 5.55. The van der Waals surface area contributed by atoms with Crippen molar-refractivity contribution in [2.75, 3.05) is 37.7 Å². The largest absolute Gasteiger partial charge is 0.342 e. The fourth-order valence-electron chi connectivity index (χ4n) is 4.09. The van der Waals surface area contributed by atoms with Crippen LogP contribution in [0.15, 0.2) is 24.3 Å². The molecule has 1 aromatic carbocycles. The highest BCUT2D eigenvalue weighted by Crippen LogP contribution is 2.20. The third-order valence-electron chi connectivity index (χ3n) is 5.72. The Kier molecular flexibility index (Phi) is 5.19. The van der Waals surface area contributed by atoms with Crippen LogP contribution >= 0.6 is 0 Å². The van der Waals surface area contributed by atoms with Gasteiger partial charge < -0.3 is 9.88 Å². The maximum absolute atomic E-state index is 12.5. The lowest BCUT2D eigenvalue weighted by Gasteiger charge is -2.40. The second-order valence-electron chi connectivity index (χ2n) is 7.50. The van der Waals surface area contributed by atoms with Crippen molar-refractivity contribution in [3.05, 3.63) is 30.1 Å². The third-order valence-corrected chi connectivity index (χ3v) is 7.44. The molecule has 2 aliphatic rings. The van der Waals surface area contributed by atoms with Crippen LogP contribution in [0.3, 0.4) is 0 Å². The molecule has 1 N–H and O–H groups in total. The molecule has 0 spiro atoms. The molecule has 7 nitrogen and oxygen atoms in total. The lowest BCUT2D eigenvalue weighted by molar-refractivity contribution is -0.133. The Balaban J connectivity index is 1.25. The number of piperazine rings is 1. The molecule has 0 saturated carbocycles. The Morgan fingerprint density at radius 2 is 1.81 bits per heavy atom. The maximum atomic E-state index is 12.5. The van der Waals surface area contributed by atoms with Crippen molar-refractivity contribution in [1.29, 1.82) is 0 Å². The molecule has 27 heavy (non-hydrogen) atoms. The number of imidazole rings is 1. The number of carbonyl (C=O) groups is 1. The Morgan fingerprint density at radius 3 is 2.52 bits per heavy atom. The van der Waals surface area contributed by atoms with E-state index in [4.69, 9.17) is 0 Å². The number of para-hydroxylation sites is 2. The van der Waals surface area contributed by atoms with E-state index < -0.39 is 9.84 Å². The van der Waals surface area contributed by atoms with Crippen LogP contribution in [0.5, 0.6) is 0 Å². The van der Waals surface area contributed by atoms with Crippen LogP contribution in [-0.4, -0.2) is 77.8 Å². The first-order valence-corrected chi connectivity index (χ1v) is 11.5. The van der Waals surface area contributed by atoms with Crippen LogP contribution in [0.2, 0.25) is 0 Å². The highest BCUT2D eigenvalue weighted by Gasteiger charge is 2.30. The predicted molar refractivity (Wildman–Crippen MR) is 104 cm³/mol. The predicted octanol–water partition coefficient (Wildman–Crippen LogP) is 1.22. The van der Waals surface area contributed by atoms with E-state index in [9.17, 15) is 13.2 Å². The number of amides is 1. The molecule has 146 valence electrons. The number of H-pyrrole nitrogens is 1. The molecule has 0 radical (unpaired) electrons. The Labute approximate surface area is 159 Å². The maximum Gasteiger partial charge on any atom is 0.223 e. The second kappa shape index (κ2) is 7.59. The molecule has 2 saturated heterocycles. The van der Waals surface area contributed by atoms with Crippen molar-refractivity contribution in [3.63, 3.8) is 0 Å². The van der Waals surface area contributed by atoms with E-state index in [2.05, 4.69) is 14.9 Å². The fraction of sp³-hybridized carbons (Fsp3) is 0.579. The SMILES string of the molecule is O=C(CCc1nc2ccccc2[nH]1)N1CCN(C2CCS(=O)(=O)CC2)CC1. The van der Waals surface area contributed by atoms with Crippen LogP contribution < -0.4 is 0 Å². The number of nitrogens with zero attached hydrogens (tertiary/aromatic N) is 3. The molecule has 2 aromatic rings. The van der Waals surface area contributed by atoms with Gasteiger partial charge in [-0.05, 0) is 25.0 Å². The topological polar surface area (TPSA) is 86.4 Å². The summed E-state index contributed by atoms with van der Waals surface area (Å²) in [6.45, 7) is 3.12. The minimum atomic E-state index is -2.82. The van der Waals surface area contributed by atoms with Crippen molar-refractivity contribution < 1.29 is 13.2 Å². The van der Waals surface area contributed by atoms with Gasteiger partial charge >= 0.3 is 0 Å². The van der Waals surface area contributed by atoms with Gasteiger partial charge in [-0.25, -0.2) is 13.4 Å². The monoisotopic (exact) mass is 390 g/mol. The van der Waals surface area contributed by atoms with Crippen LogP contribution in [0.4, 0.5) is 0 Å². The van der Waals surface area contributed by atoms with Crippen LogP contribution in [0.1, 0.15) is 25.1 Å². The Hall–Kier alpha value is -1.93. The zero-order valence-corrected chi connectivity index (χ0v) is 16.2. The van der Waals surface area contributed by atoms with Gasteiger partial charge in [-0.2, -0.15) is 0 Å². The number of hydrogen-bond donors (Lipinski definition) is 1. The minimum absolute atomic E-state index is 0.168. The van der Waals surface area contributed by atoms with Gasteiger partial charge in [0.05, 0.1) is 22.5 Å². The van der Waals surface area contributed by atoms with Crippen LogP contribution in [-0.2, 0) is 21.1 Å². The van der Waals surface area contributed by atoms with Gasteiger partial charge in [0.15, 0.2) is 0 Å². The van der Waals surface area contributed by atoms with E-state index in [1.54, 1.807) is 0 Å². The van der Waals surface area contributed by atoms with E-state index in [-0.39, 0.29) is 5.91 Å². The lowest BCUT2D eigenvalue weighted by Crippen LogP contribution is -2.53. The van der Waals surface area contributed by atoms with Crippen molar-refractivity contribution in [3.8, 4) is 0 Å². The molecule has 2 fully saturated rings. The zero-order valence-electron chi connectivity index (χ0n) is 15.4. The molecule has 3 heterocycles. The molecule has 8 heteroatoms. The van der Waals surface area contributed by atoms with Crippen molar-refractivity contribution >= 4 is 26.8 Å². The van der Waals surface area contributed by atoms with Gasteiger partial charge in [0, 0.05) is 45.1 Å². The van der Waals surface area contributed by atoms with Crippen LogP contribution in [0.25, 0.3) is 11.0 Å². The number of fused-ring (bicyclic) bond motifs is 1. The number of aromatic nitrogens is 2. The molecular weight excluding hydrogens is 364 g/mol. The summed E-state index contributed by atoms with van der Waals surface area (Å²) in [6, 6.07) is 8.23. The normalized spacial score (nSPS) is 21.6. The number of nitrogens with one attached hydrogen (secondary N) is 1. The Bertz CT molecular complexity index is 869. The first-order valence-electron chi connectivity index (χ1n) is 9.66. The number of aryl methyl sites for hydroxylation is 1. The van der Waals surface area contributed by atoms with Crippen LogP contribution in [0, 0.1) is 0 Å². The highest BCUT2D eigenvalue weighted by molar-refractivity contribution is 7.91. The van der Waals surface area contributed by atoms with E-state index in [0.29, 0.717) is 30.4 Å². The molecule has 1 aromatic heterocycles. The van der Waals surface area contributed by atoms with Gasteiger partial charge in [-0.1, -0.05) is 12.1 Å². The average Bonchev–Trinajstić information content (AvgIpc) is 3.09. The van der Waals surface area contributed by atoms with E-state index in [1.165, 1.54) is 0 Å². The van der Waals surface area contributed by atoms with Gasteiger partial charge in [0.1, 0.15) is 15.7 Å². The summed E-state index contributed by atoms with van der Waals surface area (Å²) < 4.78 is 23.2. The first-order chi connectivity index (χ1) is 13.0. The molecule has 1 amide bonds. The summed E-state index contributed by atoms with van der Waals surface area (Å²) in [5.74, 6) is 1.62. The first kappa shape index (κ1) is 18.4. The molecule has 0 aliphatic carbocycles. The standard InChI is InChI=1S/C19H26N4O3S/c24-19(6-5-18-20-16-3-1-2-4-17(16)21-18)23-11-9-22(10-12-23)15-7-13-27(25,26)14-8-15/h1-4,15H,5-14H2,(H,20,21). The van der Waals surface area contributed by atoms with E-state index in [0.717, 1.165) is 55.9 Å². The average molecular weight is 391 g/mol. The summed E-state index contributed by atoms with van der Waals surface area (Å²) in [5.41, 5.74) is 1.94. The molecule has 4 rings (SSSR count). The van der Waals surface area contributed by atoms with Crippen molar-refractivity contribution in [1.82, 2.24) is 19.8 Å². The van der Waals surface area contributed by atoms with E-state index in [1.807, 2.05) is 29.2 Å². The number of hydrogen-bond acceptors (Lipinski definition) is 5. The molecule has 0 atom stereocenters. The van der Waals surface area contributed by atoms with Gasteiger partial charge in [0.2, 0.25) is 5.91 Å². The van der Waals surface area contributed by atoms with E-state index >= 15 is 0 Å². The zero-order chi connectivity index (χ0) is 18.9. The quantitative estimate of drug-likeness (QED) is 0.848. The number of aromatic amines is 1. The highest BCUT2D eigenvalue weighted by atomic mass is 32.2. The van der Waals surface area contributed by atoms with Gasteiger partial charge in [-0.15, -0.1) is 0 Å². The molecule has 0 unspecified atom stereocenters. The smallest absolute Gasteiger partial charge is 0.223 e. The molecule has 0 bridgehead atoms. The number of carbonyl (C=O) groups excluding carboxylic acids is 1. The third kappa shape index (κ3) is 4.32. The Morgan fingerprint density at radius 1 is 1.11 bits per heavy atom. The van der Waals surface area contributed by atoms with Crippen molar-refractivity contribution in [2.24, 2.45) is 0 Å².